The van der Waals surface area contributed by atoms with E-state index in [1.807, 2.05) is 6.07 Å². The summed E-state index contributed by atoms with van der Waals surface area (Å²) >= 11 is 9.33. The Labute approximate surface area is 133 Å². The molecular weight excluding hydrogens is 339 g/mol. The zero-order valence-corrected chi connectivity index (χ0v) is 13.7. The summed E-state index contributed by atoms with van der Waals surface area (Å²) in [5.41, 5.74) is 3.33. The minimum Gasteiger partial charge on any atom is -0.205 e. The first kappa shape index (κ1) is 15.5. The normalized spacial score (nSPS) is 12.4. The maximum absolute atomic E-state index is 13.5. The van der Waals surface area contributed by atoms with E-state index in [1.165, 1.54) is 24.5 Å². The fraction of sp³-hybridized carbons (Fsp3) is 0.294. The van der Waals surface area contributed by atoms with Crippen molar-refractivity contribution in [3.63, 3.8) is 0 Å². The standard InChI is InChI=1S/C17H17BrClF/c1-2-3-4-12-5-7-13(8-6-12)17(18)14-9-10-15(19)16(20)11-14/h5-11,17H,2-4H2,1H3. The SMILES string of the molecule is CCCCc1ccc(C(Br)c2ccc(Cl)c(F)c2)cc1. The number of rotatable bonds is 5. The fourth-order valence-corrected chi connectivity index (χ4v) is 2.80. The maximum atomic E-state index is 13.5. The molecule has 1 unspecified atom stereocenters. The van der Waals surface area contributed by atoms with Gasteiger partial charge in [0.05, 0.1) is 9.85 Å². The maximum Gasteiger partial charge on any atom is 0.142 e. The molecular formula is C17H17BrClF. The van der Waals surface area contributed by atoms with Crippen molar-refractivity contribution in [2.24, 2.45) is 0 Å². The molecule has 0 N–H and O–H groups in total. The molecule has 0 bridgehead atoms. The van der Waals surface area contributed by atoms with Crippen LogP contribution in [-0.2, 0) is 6.42 Å². The van der Waals surface area contributed by atoms with Gasteiger partial charge >= 0.3 is 0 Å². The molecule has 2 rings (SSSR count). The molecule has 2 aromatic carbocycles. The van der Waals surface area contributed by atoms with E-state index in [-0.39, 0.29) is 15.7 Å². The highest BCUT2D eigenvalue weighted by molar-refractivity contribution is 9.09. The summed E-state index contributed by atoms with van der Waals surface area (Å²) in [7, 11) is 0. The van der Waals surface area contributed by atoms with Crippen molar-refractivity contribution < 1.29 is 4.39 Å². The molecule has 0 amide bonds. The van der Waals surface area contributed by atoms with Crippen molar-refractivity contribution in [3.8, 4) is 0 Å². The number of aryl methyl sites for hydroxylation is 1. The topological polar surface area (TPSA) is 0 Å². The van der Waals surface area contributed by atoms with Gasteiger partial charge < -0.3 is 0 Å². The van der Waals surface area contributed by atoms with Gasteiger partial charge in [0, 0.05) is 0 Å². The molecule has 2 aromatic rings. The highest BCUT2D eigenvalue weighted by Gasteiger charge is 2.12. The summed E-state index contributed by atoms with van der Waals surface area (Å²) in [6.45, 7) is 2.19. The van der Waals surface area contributed by atoms with Gasteiger partial charge in [-0.2, -0.15) is 0 Å². The molecule has 3 heteroatoms. The molecule has 0 aliphatic heterocycles. The number of hydrogen-bond acceptors (Lipinski definition) is 0. The highest BCUT2D eigenvalue weighted by atomic mass is 79.9. The average Bonchev–Trinajstić information content (AvgIpc) is 2.48. The lowest BCUT2D eigenvalue weighted by atomic mass is 10.0. The third-order valence-corrected chi connectivity index (χ3v) is 4.69. The van der Waals surface area contributed by atoms with Crippen LogP contribution in [0.1, 0.15) is 41.3 Å². The van der Waals surface area contributed by atoms with Crippen LogP contribution in [0.4, 0.5) is 4.39 Å². The first-order valence-electron chi connectivity index (χ1n) is 6.79. The Morgan fingerprint density at radius 2 is 1.75 bits per heavy atom. The summed E-state index contributed by atoms with van der Waals surface area (Å²) in [4.78, 5) is -0.0190. The number of unbranched alkanes of at least 4 members (excludes halogenated alkanes) is 1. The van der Waals surface area contributed by atoms with E-state index in [0.717, 1.165) is 17.5 Å². The van der Waals surface area contributed by atoms with Crippen molar-refractivity contribution in [3.05, 3.63) is 70.0 Å². The smallest absolute Gasteiger partial charge is 0.142 e. The first-order valence-corrected chi connectivity index (χ1v) is 8.09. The van der Waals surface area contributed by atoms with Gasteiger partial charge in [0.2, 0.25) is 0 Å². The Kier molecular flexibility index (Phi) is 5.62. The van der Waals surface area contributed by atoms with Crippen LogP contribution in [0.3, 0.4) is 0 Å². The number of hydrogen-bond donors (Lipinski definition) is 0. The molecule has 106 valence electrons. The van der Waals surface area contributed by atoms with Crippen LogP contribution in [-0.4, -0.2) is 0 Å². The second-order valence-electron chi connectivity index (χ2n) is 4.88. The van der Waals surface area contributed by atoms with Gasteiger partial charge in [-0.15, -0.1) is 0 Å². The molecule has 0 aromatic heterocycles. The number of halogens is 3. The van der Waals surface area contributed by atoms with Crippen molar-refractivity contribution in [1.29, 1.82) is 0 Å². The van der Waals surface area contributed by atoms with E-state index >= 15 is 0 Å². The minimum absolute atomic E-state index is 0.0190. The molecule has 0 spiro atoms. The van der Waals surface area contributed by atoms with Crippen LogP contribution in [0.2, 0.25) is 5.02 Å². The lowest BCUT2D eigenvalue weighted by molar-refractivity contribution is 0.626. The predicted molar refractivity (Wildman–Crippen MR) is 87.2 cm³/mol. The van der Waals surface area contributed by atoms with E-state index in [2.05, 4.69) is 47.1 Å². The number of benzene rings is 2. The Balaban J connectivity index is 2.15. The van der Waals surface area contributed by atoms with Gasteiger partial charge in [0.25, 0.3) is 0 Å². The predicted octanol–water partition coefficient (Wildman–Crippen LogP) is 6.31. The fourth-order valence-electron chi connectivity index (χ4n) is 2.10. The van der Waals surface area contributed by atoms with Gasteiger partial charge in [0.1, 0.15) is 5.82 Å². The van der Waals surface area contributed by atoms with Gasteiger partial charge in [-0.25, -0.2) is 4.39 Å². The van der Waals surface area contributed by atoms with Crippen LogP contribution < -0.4 is 0 Å². The monoisotopic (exact) mass is 354 g/mol. The largest absolute Gasteiger partial charge is 0.205 e. The van der Waals surface area contributed by atoms with Crippen molar-refractivity contribution in [2.45, 2.75) is 31.0 Å². The molecule has 0 fully saturated rings. The van der Waals surface area contributed by atoms with Crippen LogP contribution >= 0.6 is 27.5 Å². The summed E-state index contributed by atoms with van der Waals surface area (Å²) in [5.74, 6) is -0.381. The third-order valence-electron chi connectivity index (χ3n) is 3.33. The van der Waals surface area contributed by atoms with E-state index in [4.69, 9.17) is 11.6 Å². The van der Waals surface area contributed by atoms with Crippen LogP contribution in [0, 0.1) is 5.82 Å². The summed E-state index contributed by atoms with van der Waals surface area (Å²) < 4.78 is 13.5. The van der Waals surface area contributed by atoms with Gasteiger partial charge in [-0.3, -0.25) is 0 Å². The van der Waals surface area contributed by atoms with Crippen LogP contribution in [0.5, 0.6) is 0 Å². The Hall–Kier alpha value is -0.860. The molecule has 0 radical (unpaired) electrons. The molecule has 0 saturated heterocycles. The van der Waals surface area contributed by atoms with Crippen molar-refractivity contribution >= 4 is 27.5 Å². The summed E-state index contributed by atoms with van der Waals surface area (Å²) in [5, 5.41) is 0.156. The molecule has 0 nitrogen and oxygen atoms in total. The summed E-state index contributed by atoms with van der Waals surface area (Å²) in [6, 6.07) is 13.4. The molecule has 0 aliphatic rings. The second-order valence-corrected chi connectivity index (χ2v) is 6.20. The zero-order chi connectivity index (χ0) is 14.5. The van der Waals surface area contributed by atoms with E-state index < -0.39 is 0 Å². The van der Waals surface area contributed by atoms with E-state index in [1.54, 1.807) is 6.07 Å². The van der Waals surface area contributed by atoms with Crippen LogP contribution in [0.25, 0.3) is 0 Å². The molecule has 0 aliphatic carbocycles. The Bertz CT molecular complexity index is 566. The van der Waals surface area contributed by atoms with Gasteiger partial charge in [-0.1, -0.05) is 71.2 Å². The lowest BCUT2D eigenvalue weighted by Crippen LogP contribution is -1.95. The quantitative estimate of drug-likeness (QED) is 0.552. The molecule has 1 atom stereocenters. The molecule has 20 heavy (non-hydrogen) atoms. The zero-order valence-electron chi connectivity index (χ0n) is 11.4. The number of alkyl halides is 1. The van der Waals surface area contributed by atoms with Gasteiger partial charge in [-0.05, 0) is 41.7 Å². The highest BCUT2D eigenvalue weighted by Crippen LogP contribution is 2.32. The average molecular weight is 356 g/mol. The molecule has 0 heterocycles. The lowest BCUT2D eigenvalue weighted by Gasteiger charge is -2.12. The second kappa shape index (κ2) is 7.24. The van der Waals surface area contributed by atoms with E-state index in [9.17, 15) is 4.39 Å². The van der Waals surface area contributed by atoms with E-state index in [0.29, 0.717) is 0 Å². The van der Waals surface area contributed by atoms with Crippen molar-refractivity contribution in [2.75, 3.05) is 0 Å². The molecule has 0 saturated carbocycles. The summed E-state index contributed by atoms with van der Waals surface area (Å²) in [6.07, 6.45) is 3.52. The van der Waals surface area contributed by atoms with Gasteiger partial charge in [0.15, 0.2) is 0 Å². The third kappa shape index (κ3) is 3.83. The first-order chi connectivity index (χ1) is 9.61. The minimum atomic E-state index is -0.381. The van der Waals surface area contributed by atoms with Crippen molar-refractivity contribution in [1.82, 2.24) is 0 Å². The van der Waals surface area contributed by atoms with Crippen LogP contribution in [0.15, 0.2) is 42.5 Å². The Morgan fingerprint density at radius 1 is 1.10 bits per heavy atom. The Morgan fingerprint density at radius 3 is 2.35 bits per heavy atom.